The quantitative estimate of drug-likeness (QED) is 0.213. The van der Waals surface area contributed by atoms with E-state index in [1.165, 1.54) is 12.3 Å². The van der Waals surface area contributed by atoms with Crippen molar-refractivity contribution in [2.75, 3.05) is 7.11 Å². The Bertz CT molecular complexity index is 1630. The maximum atomic E-state index is 13.8. The summed E-state index contributed by atoms with van der Waals surface area (Å²) in [6, 6.07) is 27.8. The summed E-state index contributed by atoms with van der Waals surface area (Å²) in [6.45, 7) is 1.07. The van der Waals surface area contributed by atoms with Crippen molar-refractivity contribution in [1.29, 1.82) is 0 Å². The average Bonchev–Trinajstić information content (AvgIpc) is 2.96. The minimum Gasteiger partial charge on any atom is -0.496 e. The number of para-hydroxylation sites is 2. The van der Waals surface area contributed by atoms with E-state index in [9.17, 15) is 18.0 Å². The van der Waals surface area contributed by atoms with E-state index in [1.54, 1.807) is 49.6 Å². The van der Waals surface area contributed by atoms with E-state index in [1.807, 2.05) is 42.5 Å². The number of rotatable bonds is 8. The fourth-order valence-electron chi connectivity index (χ4n) is 4.71. The molecule has 0 bridgehead atoms. The first-order valence-electron chi connectivity index (χ1n) is 12.4. The van der Waals surface area contributed by atoms with E-state index in [0.717, 1.165) is 22.9 Å². The first kappa shape index (κ1) is 26.1. The molecule has 0 spiro atoms. The SMILES string of the molecule is COc1ccccc1CNCc1cccc(-c2c(C(=O)c3ccccc3)cnc3c(C(F)(F)F)cccc23)c1. The highest BCUT2D eigenvalue weighted by Crippen LogP contribution is 2.39. The molecule has 1 aromatic heterocycles. The molecule has 0 aliphatic carbocycles. The lowest BCUT2D eigenvalue weighted by atomic mass is 9.90. The third kappa shape index (κ3) is 5.54. The van der Waals surface area contributed by atoms with Gasteiger partial charge in [0.05, 0.1) is 18.2 Å². The normalized spacial score (nSPS) is 11.5. The van der Waals surface area contributed by atoms with Gasteiger partial charge in [-0.3, -0.25) is 9.78 Å². The number of nitrogens with one attached hydrogen (secondary N) is 1. The Morgan fingerprint density at radius 1 is 0.872 bits per heavy atom. The average molecular weight is 527 g/mol. The van der Waals surface area contributed by atoms with E-state index in [0.29, 0.717) is 29.8 Å². The van der Waals surface area contributed by atoms with Crippen LogP contribution in [0.15, 0.2) is 103 Å². The van der Waals surface area contributed by atoms with Gasteiger partial charge in [-0.25, -0.2) is 0 Å². The second-order valence-electron chi connectivity index (χ2n) is 9.06. The van der Waals surface area contributed by atoms with E-state index in [-0.39, 0.29) is 22.2 Å². The van der Waals surface area contributed by atoms with Gasteiger partial charge in [-0.2, -0.15) is 13.2 Å². The summed E-state index contributed by atoms with van der Waals surface area (Å²) in [5.74, 6) is 0.476. The number of nitrogens with zero attached hydrogens (tertiary/aromatic N) is 1. The summed E-state index contributed by atoms with van der Waals surface area (Å²) in [5, 5.41) is 3.66. The minimum atomic E-state index is -4.58. The van der Waals surface area contributed by atoms with E-state index >= 15 is 0 Å². The standard InChI is InChI=1S/C32H25F3N2O2/c1-39-28-16-6-5-12-24(28)19-36-18-21-9-7-13-23(17-21)29-25-14-8-15-27(32(33,34)35)30(25)37-20-26(29)31(38)22-10-3-2-4-11-22/h2-17,20,36H,18-19H2,1H3. The fourth-order valence-corrected chi connectivity index (χ4v) is 4.71. The molecule has 39 heavy (non-hydrogen) atoms. The van der Waals surface area contributed by atoms with Gasteiger partial charge in [-0.15, -0.1) is 0 Å². The van der Waals surface area contributed by atoms with Crippen molar-refractivity contribution in [3.63, 3.8) is 0 Å². The van der Waals surface area contributed by atoms with E-state index in [2.05, 4.69) is 10.3 Å². The van der Waals surface area contributed by atoms with Crippen LogP contribution in [-0.4, -0.2) is 17.9 Å². The number of carbonyl (C=O) groups excluding carboxylic acids is 1. The predicted octanol–water partition coefficient (Wildman–Crippen LogP) is 7.45. The number of aromatic nitrogens is 1. The van der Waals surface area contributed by atoms with Crippen LogP contribution in [0.5, 0.6) is 5.75 Å². The molecular formula is C32H25F3N2O2. The third-order valence-electron chi connectivity index (χ3n) is 6.54. The number of carbonyl (C=O) groups is 1. The van der Waals surface area contributed by atoms with Gasteiger partial charge in [0.15, 0.2) is 5.78 Å². The second kappa shape index (κ2) is 11.1. The maximum Gasteiger partial charge on any atom is 0.418 e. The van der Waals surface area contributed by atoms with Crippen molar-refractivity contribution in [2.24, 2.45) is 0 Å². The van der Waals surface area contributed by atoms with Gasteiger partial charge in [0.1, 0.15) is 5.75 Å². The topological polar surface area (TPSA) is 51.2 Å². The van der Waals surface area contributed by atoms with Crippen LogP contribution in [0.3, 0.4) is 0 Å². The van der Waals surface area contributed by atoms with E-state index < -0.39 is 11.7 Å². The van der Waals surface area contributed by atoms with Crippen molar-refractivity contribution in [3.05, 3.63) is 131 Å². The molecule has 0 saturated heterocycles. The molecule has 5 rings (SSSR count). The Morgan fingerprint density at radius 2 is 1.62 bits per heavy atom. The Kier molecular flexibility index (Phi) is 7.43. The fraction of sp³-hybridized carbons (Fsp3) is 0.125. The first-order chi connectivity index (χ1) is 18.9. The number of halogens is 3. The molecule has 0 aliphatic heterocycles. The monoisotopic (exact) mass is 526 g/mol. The molecule has 0 saturated carbocycles. The van der Waals surface area contributed by atoms with Gasteiger partial charge < -0.3 is 10.1 Å². The lowest BCUT2D eigenvalue weighted by molar-refractivity contribution is -0.136. The Labute approximate surface area is 224 Å². The van der Waals surface area contributed by atoms with Crippen molar-refractivity contribution < 1.29 is 22.7 Å². The molecule has 0 amide bonds. The number of methoxy groups -OCH3 is 1. The molecule has 4 aromatic carbocycles. The summed E-state index contributed by atoms with van der Waals surface area (Å²) < 4.78 is 47.0. The molecule has 0 fully saturated rings. The number of ketones is 1. The zero-order valence-electron chi connectivity index (χ0n) is 21.1. The van der Waals surface area contributed by atoms with Crippen molar-refractivity contribution in [2.45, 2.75) is 19.3 Å². The molecule has 0 aliphatic rings. The van der Waals surface area contributed by atoms with Crippen LogP contribution >= 0.6 is 0 Å². The zero-order valence-corrected chi connectivity index (χ0v) is 21.1. The lowest BCUT2D eigenvalue weighted by Crippen LogP contribution is -2.13. The second-order valence-corrected chi connectivity index (χ2v) is 9.06. The summed E-state index contributed by atoms with van der Waals surface area (Å²) in [5.41, 5.74) is 2.63. The van der Waals surface area contributed by atoms with Crippen LogP contribution in [0.25, 0.3) is 22.0 Å². The highest BCUT2D eigenvalue weighted by Gasteiger charge is 2.34. The molecule has 0 atom stereocenters. The molecule has 7 heteroatoms. The van der Waals surface area contributed by atoms with Crippen LogP contribution in [0.4, 0.5) is 13.2 Å². The van der Waals surface area contributed by atoms with Crippen LogP contribution in [0, 0.1) is 0 Å². The third-order valence-corrected chi connectivity index (χ3v) is 6.54. The molecule has 196 valence electrons. The van der Waals surface area contributed by atoms with Crippen molar-refractivity contribution >= 4 is 16.7 Å². The van der Waals surface area contributed by atoms with Crippen molar-refractivity contribution in [1.82, 2.24) is 10.3 Å². The van der Waals surface area contributed by atoms with Gasteiger partial charge in [0.2, 0.25) is 0 Å². The smallest absolute Gasteiger partial charge is 0.418 e. The largest absolute Gasteiger partial charge is 0.496 e. The molecule has 5 aromatic rings. The number of benzene rings is 4. The van der Waals surface area contributed by atoms with Gasteiger partial charge >= 0.3 is 6.18 Å². The number of hydrogen-bond acceptors (Lipinski definition) is 4. The molecule has 1 heterocycles. The lowest BCUT2D eigenvalue weighted by Gasteiger charge is -2.16. The number of alkyl halides is 3. The van der Waals surface area contributed by atoms with Crippen molar-refractivity contribution in [3.8, 4) is 16.9 Å². The molecule has 0 radical (unpaired) electrons. The van der Waals surface area contributed by atoms with Gasteiger partial charge in [0, 0.05) is 46.9 Å². The van der Waals surface area contributed by atoms with Crippen LogP contribution in [0.1, 0.15) is 32.6 Å². The summed E-state index contributed by atoms with van der Waals surface area (Å²) >= 11 is 0. The summed E-state index contributed by atoms with van der Waals surface area (Å²) in [6.07, 6.45) is -3.33. The highest BCUT2D eigenvalue weighted by molar-refractivity contribution is 6.16. The minimum absolute atomic E-state index is 0.190. The van der Waals surface area contributed by atoms with Gasteiger partial charge in [-0.1, -0.05) is 78.9 Å². The van der Waals surface area contributed by atoms with Crippen LogP contribution < -0.4 is 10.1 Å². The summed E-state index contributed by atoms with van der Waals surface area (Å²) in [4.78, 5) is 17.7. The number of fused-ring (bicyclic) bond motifs is 1. The number of ether oxygens (including phenoxy) is 1. The van der Waals surface area contributed by atoms with Crippen LogP contribution in [-0.2, 0) is 19.3 Å². The Morgan fingerprint density at radius 3 is 2.38 bits per heavy atom. The first-order valence-corrected chi connectivity index (χ1v) is 12.4. The van der Waals surface area contributed by atoms with Crippen LogP contribution in [0.2, 0.25) is 0 Å². The summed E-state index contributed by atoms with van der Waals surface area (Å²) in [7, 11) is 1.62. The number of pyridine rings is 1. The Balaban J connectivity index is 1.57. The molecule has 0 unspecified atom stereocenters. The van der Waals surface area contributed by atoms with Gasteiger partial charge in [0.25, 0.3) is 0 Å². The maximum absolute atomic E-state index is 13.8. The highest BCUT2D eigenvalue weighted by atomic mass is 19.4. The van der Waals surface area contributed by atoms with E-state index in [4.69, 9.17) is 4.74 Å². The molecule has 1 N–H and O–H groups in total. The zero-order chi connectivity index (χ0) is 27.4. The number of hydrogen-bond donors (Lipinski definition) is 1. The predicted molar refractivity (Wildman–Crippen MR) is 146 cm³/mol. The van der Waals surface area contributed by atoms with Gasteiger partial charge in [-0.05, 0) is 29.3 Å². The molecular weight excluding hydrogens is 501 g/mol. The Hall–Kier alpha value is -4.49. The molecule has 4 nitrogen and oxygen atoms in total.